The third-order valence-corrected chi connectivity index (χ3v) is 9.51. The monoisotopic (exact) mass is 648 g/mol. The van der Waals surface area contributed by atoms with E-state index in [0.29, 0.717) is 43.7 Å². The minimum absolute atomic E-state index is 0.00722. The number of hydrogen-bond acceptors (Lipinski definition) is 5. The van der Waals surface area contributed by atoms with E-state index >= 15 is 0 Å². The van der Waals surface area contributed by atoms with Gasteiger partial charge in [-0.2, -0.15) is 13.2 Å². The standard InChI is InChI=1S/C36H39F3N4O4/c37-36(38,39)24-40-33(45)35(29-13-4-1-10-26(29)27-11-2-5-14-30(27)35)18-7-8-19-42-21-16-25(17-22-42)41-32(44)28-12-3-6-15-31(28)43-20-9-23-47-34(43)46/h1-6,10-15,25H,7-9,16-24H2,(H,40,45)(H,41,44). The number of anilines is 1. The van der Waals surface area contributed by atoms with E-state index in [0.717, 1.165) is 61.2 Å². The number of carbonyl (C=O) groups excluding carboxylic acids is 3. The molecule has 0 spiro atoms. The lowest BCUT2D eigenvalue weighted by molar-refractivity contribution is -0.141. The SMILES string of the molecule is O=C(NC1CCN(CCCCC2(C(=O)NCC(F)(F)F)c3ccccc3-c3ccccc32)CC1)c1ccccc1N1CCCOC1=O. The zero-order chi connectivity index (χ0) is 33.0. The molecule has 2 heterocycles. The molecule has 2 N–H and O–H groups in total. The summed E-state index contributed by atoms with van der Waals surface area (Å²) in [5.41, 5.74) is 3.05. The van der Waals surface area contributed by atoms with Gasteiger partial charge in [0.1, 0.15) is 12.0 Å². The summed E-state index contributed by atoms with van der Waals surface area (Å²) in [5.74, 6) is -0.841. The van der Waals surface area contributed by atoms with Gasteiger partial charge in [-0.05, 0) is 73.0 Å². The maximum Gasteiger partial charge on any atom is 0.414 e. The number of carbonyl (C=O) groups is 3. The topological polar surface area (TPSA) is 91.0 Å². The summed E-state index contributed by atoms with van der Waals surface area (Å²) in [6.07, 6.45) is -0.907. The van der Waals surface area contributed by atoms with Crippen LogP contribution in [0, 0.1) is 0 Å². The number of cyclic esters (lactones) is 1. The summed E-state index contributed by atoms with van der Waals surface area (Å²) in [4.78, 5) is 43.1. The van der Waals surface area contributed by atoms with Crippen LogP contribution in [0.2, 0.25) is 0 Å². The van der Waals surface area contributed by atoms with Gasteiger partial charge in [-0.1, -0.05) is 67.1 Å². The number of fused-ring (bicyclic) bond motifs is 3. The van der Waals surface area contributed by atoms with Gasteiger partial charge in [0.2, 0.25) is 5.91 Å². The van der Waals surface area contributed by atoms with Crippen LogP contribution in [0.25, 0.3) is 11.1 Å². The van der Waals surface area contributed by atoms with Crippen molar-refractivity contribution in [1.82, 2.24) is 15.5 Å². The number of unbranched alkanes of at least 4 members (excludes halogenated alkanes) is 1. The number of halogens is 3. The molecule has 3 amide bonds. The Kier molecular flexibility index (Phi) is 9.54. The Balaban J connectivity index is 1.05. The van der Waals surface area contributed by atoms with E-state index in [-0.39, 0.29) is 11.9 Å². The molecule has 2 saturated heterocycles. The first-order valence-electron chi connectivity index (χ1n) is 16.3. The van der Waals surface area contributed by atoms with Gasteiger partial charge in [0.05, 0.1) is 17.9 Å². The lowest BCUT2D eigenvalue weighted by Gasteiger charge is -2.34. The lowest BCUT2D eigenvalue weighted by atomic mass is 9.73. The summed E-state index contributed by atoms with van der Waals surface area (Å²) >= 11 is 0. The van der Waals surface area contributed by atoms with E-state index in [4.69, 9.17) is 4.74 Å². The first kappa shape index (κ1) is 32.6. The summed E-state index contributed by atoms with van der Waals surface area (Å²) in [5, 5.41) is 5.34. The molecular weight excluding hydrogens is 609 g/mol. The van der Waals surface area contributed by atoms with Crippen LogP contribution in [0.3, 0.4) is 0 Å². The third-order valence-electron chi connectivity index (χ3n) is 9.51. The average Bonchev–Trinajstić information content (AvgIpc) is 3.37. The second-order valence-electron chi connectivity index (χ2n) is 12.5. The van der Waals surface area contributed by atoms with Crippen LogP contribution < -0.4 is 15.5 Å². The molecule has 47 heavy (non-hydrogen) atoms. The first-order chi connectivity index (χ1) is 22.7. The lowest BCUT2D eigenvalue weighted by Crippen LogP contribution is -2.47. The maximum atomic E-state index is 13.7. The van der Waals surface area contributed by atoms with Crippen LogP contribution in [-0.4, -0.2) is 74.4 Å². The fourth-order valence-corrected chi connectivity index (χ4v) is 7.25. The smallest absolute Gasteiger partial charge is 0.414 e. The van der Waals surface area contributed by atoms with Crippen LogP contribution in [0.5, 0.6) is 0 Å². The number of likely N-dealkylation sites (tertiary alicyclic amines) is 1. The van der Waals surface area contributed by atoms with Crippen LogP contribution in [0.4, 0.5) is 23.7 Å². The number of ether oxygens (including phenoxy) is 1. The third kappa shape index (κ3) is 6.86. The molecule has 0 aromatic heterocycles. The van der Waals surface area contributed by atoms with Crippen molar-refractivity contribution in [3.63, 3.8) is 0 Å². The van der Waals surface area contributed by atoms with E-state index in [1.54, 1.807) is 24.3 Å². The van der Waals surface area contributed by atoms with Crippen molar-refractivity contribution in [3.8, 4) is 11.1 Å². The highest BCUT2D eigenvalue weighted by Crippen LogP contribution is 2.51. The van der Waals surface area contributed by atoms with Gasteiger partial charge in [0.15, 0.2) is 0 Å². The van der Waals surface area contributed by atoms with Crippen LogP contribution >= 0.6 is 0 Å². The van der Waals surface area contributed by atoms with Crippen molar-refractivity contribution >= 4 is 23.6 Å². The van der Waals surface area contributed by atoms with Crippen molar-refractivity contribution in [2.75, 3.05) is 44.2 Å². The number of benzene rings is 3. The molecule has 0 saturated carbocycles. The van der Waals surface area contributed by atoms with Gasteiger partial charge >= 0.3 is 12.3 Å². The molecule has 6 rings (SSSR count). The minimum atomic E-state index is -4.51. The highest BCUT2D eigenvalue weighted by Gasteiger charge is 2.49. The molecule has 248 valence electrons. The zero-order valence-electron chi connectivity index (χ0n) is 26.2. The molecule has 3 aliphatic rings. The number of rotatable bonds is 10. The fraction of sp³-hybridized carbons (Fsp3) is 0.417. The highest BCUT2D eigenvalue weighted by molar-refractivity contribution is 6.04. The molecule has 11 heteroatoms. The molecule has 2 aliphatic heterocycles. The Bertz CT molecular complexity index is 1570. The number of alkyl halides is 3. The molecule has 0 radical (unpaired) electrons. The Morgan fingerprint density at radius 1 is 0.872 bits per heavy atom. The predicted octanol–water partition coefficient (Wildman–Crippen LogP) is 6.04. The molecule has 8 nitrogen and oxygen atoms in total. The molecule has 1 aliphatic carbocycles. The quantitative estimate of drug-likeness (QED) is 0.262. The second kappa shape index (κ2) is 13.8. The van der Waals surface area contributed by atoms with Crippen molar-refractivity contribution in [2.45, 2.75) is 56.2 Å². The second-order valence-corrected chi connectivity index (χ2v) is 12.5. The molecule has 0 atom stereocenters. The predicted molar refractivity (Wildman–Crippen MR) is 172 cm³/mol. The number of para-hydroxylation sites is 1. The van der Waals surface area contributed by atoms with E-state index < -0.39 is 30.1 Å². The number of amides is 3. The maximum absolute atomic E-state index is 13.7. The van der Waals surface area contributed by atoms with Gasteiger partial charge in [-0.15, -0.1) is 0 Å². The molecule has 3 aromatic carbocycles. The van der Waals surface area contributed by atoms with Gasteiger partial charge < -0.3 is 20.3 Å². The van der Waals surface area contributed by atoms with Gasteiger partial charge in [-0.3, -0.25) is 14.5 Å². The zero-order valence-corrected chi connectivity index (χ0v) is 26.2. The molecule has 2 fully saturated rings. The number of nitrogens with one attached hydrogen (secondary N) is 2. The summed E-state index contributed by atoms with van der Waals surface area (Å²) in [6, 6.07) is 22.1. The van der Waals surface area contributed by atoms with E-state index in [2.05, 4.69) is 15.5 Å². The minimum Gasteiger partial charge on any atom is -0.449 e. The molecule has 0 unspecified atom stereocenters. The molecule has 0 bridgehead atoms. The van der Waals surface area contributed by atoms with Crippen LogP contribution in [0.1, 0.15) is 60.0 Å². The Morgan fingerprint density at radius 3 is 2.17 bits per heavy atom. The van der Waals surface area contributed by atoms with E-state index in [1.807, 2.05) is 48.5 Å². The first-order valence-corrected chi connectivity index (χ1v) is 16.3. The van der Waals surface area contributed by atoms with Crippen molar-refractivity contribution in [3.05, 3.63) is 89.5 Å². The van der Waals surface area contributed by atoms with E-state index in [9.17, 15) is 27.6 Å². The molecule has 3 aromatic rings. The Morgan fingerprint density at radius 2 is 1.51 bits per heavy atom. The van der Waals surface area contributed by atoms with Gasteiger partial charge in [0, 0.05) is 25.7 Å². The highest BCUT2D eigenvalue weighted by atomic mass is 19.4. The van der Waals surface area contributed by atoms with Crippen molar-refractivity contribution in [2.24, 2.45) is 0 Å². The summed E-state index contributed by atoms with van der Waals surface area (Å²) < 4.78 is 44.7. The normalized spacial score (nSPS) is 17.9. The van der Waals surface area contributed by atoms with Gasteiger partial charge in [-0.25, -0.2) is 4.79 Å². The van der Waals surface area contributed by atoms with Crippen LogP contribution in [-0.2, 0) is 14.9 Å². The number of hydrogen-bond donors (Lipinski definition) is 2. The Labute approximate surface area is 272 Å². The van der Waals surface area contributed by atoms with Crippen molar-refractivity contribution in [1.29, 1.82) is 0 Å². The largest absolute Gasteiger partial charge is 0.449 e. The summed E-state index contributed by atoms with van der Waals surface area (Å²) in [7, 11) is 0. The van der Waals surface area contributed by atoms with E-state index in [1.165, 1.54) is 4.90 Å². The summed E-state index contributed by atoms with van der Waals surface area (Å²) in [6.45, 7) is 1.86. The number of nitrogens with zero attached hydrogens (tertiary/aromatic N) is 2. The Hall–Kier alpha value is -4.38. The van der Waals surface area contributed by atoms with Gasteiger partial charge in [0.25, 0.3) is 5.91 Å². The van der Waals surface area contributed by atoms with Crippen LogP contribution in [0.15, 0.2) is 72.8 Å². The average molecular weight is 649 g/mol. The fourth-order valence-electron chi connectivity index (χ4n) is 7.25. The van der Waals surface area contributed by atoms with Crippen molar-refractivity contribution < 1.29 is 32.3 Å². The number of piperidine rings is 1. The molecular formula is C36H39F3N4O4.